The number of alkyl halides is 1. The zero-order valence-electron chi connectivity index (χ0n) is 6.96. The maximum absolute atomic E-state index is 6.16. The fourth-order valence-corrected chi connectivity index (χ4v) is 2.41. The normalized spacial score (nSPS) is 19.5. The van der Waals surface area contributed by atoms with Crippen molar-refractivity contribution in [2.75, 3.05) is 0 Å². The van der Waals surface area contributed by atoms with Gasteiger partial charge in [0.25, 0.3) is 0 Å². The van der Waals surface area contributed by atoms with E-state index in [2.05, 4.69) is 9.36 Å². The van der Waals surface area contributed by atoms with Gasteiger partial charge in [0.2, 0.25) is 0 Å². The van der Waals surface area contributed by atoms with Gasteiger partial charge in [0.15, 0.2) is 0 Å². The molecule has 1 aromatic heterocycles. The van der Waals surface area contributed by atoms with E-state index in [4.69, 9.17) is 11.6 Å². The van der Waals surface area contributed by atoms with Crippen molar-refractivity contribution >= 4 is 23.1 Å². The molecule has 1 fully saturated rings. The molecule has 0 amide bonds. The summed E-state index contributed by atoms with van der Waals surface area (Å²) in [6, 6.07) is 0. The first-order valence-electron chi connectivity index (χ1n) is 4.19. The highest BCUT2D eigenvalue weighted by molar-refractivity contribution is 7.05. The molecular weight excluding hydrogens is 192 g/mol. The van der Waals surface area contributed by atoms with E-state index in [9.17, 15) is 0 Å². The lowest BCUT2D eigenvalue weighted by atomic mass is 10.2. The van der Waals surface area contributed by atoms with Crippen molar-refractivity contribution in [3.05, 3.63) is 10.8 Å². The van der Waals surface area contributed by atoms with Gasteiger partial charge in [0, 0.05) is 11.8 Å². The van der Waals surface area contributed by atoms with Crippen molar-refractivity contribution in [1.82, 2.24) is 9.36 Å². The van der Waals surface area contributed by atoms with E-state index in [0.717, 1.165) is 23.2 Å². The Morgan fingerprint density at radius 3 is 2.92 bits per heavy atom. The van der Waals surface area contributed by atoms with Gasteiger partial charge in [-0.25, -0.2) is 4.98 Å². The molecule has 1 atom stereocenters. The lowest BCUT2D eigenvalue weighted by molar-refractivity contribution is 0.733. The summed E-state index contributed by atoms with van der Waals surface area (Å²) in [5.74, 6) is 1.62. The van der Waals surface area contributed by atoms with Crippen LogP contribution in [0.1, 0.15) is 23.7 Å². The highest BCUT2D eigenvalue weighted by Gasteiger charge is 2.30. The maximum Gasteiger partial charge on any atom is 0.139 e. The largest absolute Gasteiger partial charge is 0.225 e. The first-order chi connectivity index (χ1) is 5.75. The fraction of sp³-hybridized carbons (Fsp3) is 0.750. The van der Waals surface area contributed by atoms with Crippen LogP contribution in [0, 0.1) is 12.8 Å². The minimum absolute atomic E-state index is 0.289. The van der Waals surface area contributed by atoms with Crippen LogP contribution in [0.5, 0.6) is 0 Å². The average Bonchev–Trinajstić information content (AvgIpc) is 2.78. The first kappa shape index (κ1) is 8.45. The van der Waals surface area contributed by atoms with Crippen molar-refractivity contribution in [2.45, 2.75) is 31.6 Å². The molecule has 0 spiro atoms. The Morgan fingerprint density at radius 2 is 2.42 bits per heavy atom. The van der Waals surface area contributed by atoms with Crippen LogP contribution in [0.2, 0.25) is 0 Å². The van der Waals surface area contributed by atoms with Crippen molar-refractivity contribution in [2.24, 2.45) is 5.92 Å². The molecule has 2 nitrogen and oxygen atoms in total. The minimum Gasteiger partial charge on any atom is -0.225 e. The number of halogens is 1. The summed E-state index contributed by atoms with van der Waals surface area (Å²) in [6.45, 7) is 1.92. The number of hydrogen-bond donors (Lipinski definition) is 0. The monoisotopic (exact) mass is 202 g/mol. The molecule has 1 aliphatic rings. The van der Waals surface area contributed by atoms with Crippen LogP contribution in [0.3, 0.4) is 0 Å². The van der Waals surface area contributed by atoms with Gasteiger partial charge in [-0.15, -0.1) is 11.6 Å². The van der Waals surface area contributed by atoms with Gasteiger partial charge < -0.3 is 0 Å². The smallest absolute Gasteiger partial charge is 0.139 e. The van der Waals surface area contributed by atoms with Crippen LogP contribution in [0.4, 0.5) is 0 Å². The highest BCUT2D eigenvalue weighted by atomic mass is 35.5. The Hall–Kier alpha value is -0.150. The molecule has 0 aromatic carbocycles. The molecule has 1 unspecified atom stereocenters. The van der Waals surface area contributed by atoms with E-state index < -0.39 is 0 Å². The van der Waals surface area contributed by atoms with Crippen LogP contribution in [0.15, 0.2) is 0 Å². The van der Waals surface area contributed by atoms with Gasteiger partial charge in [-0.3, -0.25) is 0 Å². The minimum atomic E-state index is 0.289. The van der Waals surface area contributed by atoms with E-state index in [1.165, 1.54) is 24.4 Å². The van der Waals surface area contributed by atoms with Gasteiger partial charge in [-0.1, -0.05) is 0 Å². The van der Waals surface area contributed by atoms with Gasteiger partial charge in [0.1, 0.15) is 10.8 Å². The summed E-state index contributed by atoms with van der Waals surface area (Å²) in [5.41, 5.74) is 0. The van der Waals surface area contributed by atoms with E-state index in [1.54, 1.807) is 0 Å². The SMILES string of the molecule is Cc1nsc(CC(Cl)C2CC2)n1. The third-order valence-electron chi connectivity index (χ3n) is 2.07. The number of aryl methyl sites for hydroxylation is 1. The number of hydrogen-bond acceptors (Lipinski definition) is 3. The molecule has 66 valence electrons. The van der Waals surface area contributed by atoms with Gasteiger partial charge in [-0.2, -0.15) is 4.37 Å². The molecule has 0 aliphatic heterocycles. The van der Waals surface area contributed by atoms with E-state index >= 15 is 0 Å². The molecule has 1 aliphatic carbocycles. The molecule has 0 radical (unpaired) electrons. The van der Waals surface area contributed by atoms with E-state index in [1.807, 2.05) is 6.92 Å². The molecule has 4 heteroatoms. The van der Waals surface area contributed by atoms with Crippen molar-refractivity contribution < 1.29 is 0 Å². The Balaban J connectivity index is 1.93. The molecule has 1 heterocycles. The number of nitrogens with zero attached hydrogens (tertiary/aromatic N) is 2. The van der Waals surface area contributed by atoms with Crippen LogP contribution >= 0.6 is 23.1 Å². The molecule has 0 saturated heterocycles. The third kappa shape index (κ3) is 1.96. The van der Waals surface area contributed by atoms with Crippen LogP contribution in [0.25, 0.3) is 0 Å². The van der Waals surface area contributed by atoms with Gasteiger partial charge in [0.05, 0.1) is 0 Å². The van der Waals surface area contributed by atoms with Gasteiger partial charge in [-0.05, 0) is 37.2 Å². The predicted octanol–water partition coefficient (Wildman–Crippen LogP) is 2.41. The summed E-state index contributed by atoms with van der Waals surface area (Å²) in [7, 11) is 0. The quantitative estimate of drug-likeness (QED) is 0.704. The maximum atomic E-state index is 6.16. The molecule has 2 rings (SSSR count). The third-order valence-corrected chi connectivity index (χ3v) is 3.41. The predicted molar refractivity (Wildman–Crippen MR) is 50.7 cm³/mol. The second-order valence-electron chi connectivity index (χ2n) is 3.29. The van der Waals surface area contributed by atoms with Crippen LogP contribution in [-0.4, -0.2) is 14.7 Å². The summed E-state index contributed by atoms with van der Waals surface area (Å²) in [4.78, 5) is 4.28. The topological polar surface area (TPSA) is 25.8 Å². The molecule has 1 saturated carbocycles. The Labute approximate surface area is 81.1 Å². The highest BCUT2D eigenvalue weighted by Crippen LogP contribution is 2.37. The second kappa shape index (κ2) is 3.30. The molecular formula is C8H11ClN2S. The molecule has 0 N–H and O–H groups in total. The summed E-state index contributed by atoms with van der Waals surface area (Å²) < 4.78 is 4.12. The molecule has 0 bridgehead atoms. The zero-order chi connectivity index (χ0) is 8.55. The Morgan fingerprint density at radius 1 is 1.67 bits per heavy atom. The van der Waals surface area contributed by atoms with Crippen molar-refractivity contribution in [1.29, 1.82) is 0 Å². The number of rotatable bonds is 3. The van der Waals surface area contributed by atoms with Crippen LogP contribution < -0.4 is 0 Å². The standard InChI is InChI=1S/C8H11ClN2S/c1-5-10-8(12-11-5)4-7(9)6-2-3-6/h6-7H,2-4H2,1H3. The van der Waals surface area contributed by atoms with Crippen molar-refractivity contribution in [3.8, 4) is 0 Å². The Kier molecular flexibility index (Phi) is 2.33. The van der Waals surface area contributed by atoms with Crippen molar-refractivity contribution in [3.63, 3.8) is 0 Å². The summed E-state index contributed by atoms with van der Waals surface area (Å²) >= 11 is 7.64. The van der Waals surface area contributed by atoms with E-state index in [0.29, 0.717) is 0 Å². The lowest BCUT2D eigenvalue weighted by Crippen LogP contribution is -2.05. The summed E-state index contributed by atoms with van der Waals surface area (Å²) in [6.07, 6.45) is 3.50. The Bertz CT molecular complexity index is 270. The fourth-order valence-electron chi connectivity index (χ4n) is 1.21. The van der Waals surface area contributed by atoms with Gasteiger partial charge >= 0.3 is 0 Å². The summed E-state index contributed by atoms with van der Waals surface area (Å²) in [5, 5.41) is 1.37. The second-order valence-corrected chi connectivity index (χ2v) is 4.69. The average molecular weight is 203 g/mol. The molecule has 12 heavy (non-hydrogen) atoms. The van der Waals surface area contributed by atoms with E-state index in [-0.39, 0.29) is 5.38 Å². The first-order valence-corrected chi connectivity index (χ1v) is 5.40. The van der Waals surface area contributed by atoms with Crippen LogP contribution in [-0.2, 0) is 6.42 Å². The number of aromatic nitrogens is 2. The lowest BCUT2D eigenvalue weighted by Gasteiger charge is -2.02. The zero-order valence-corrected chi connectivity index (χ0v) is 8.53. The molecule has 1 aromatic rings.